The number of carbonyl (C=O) groups is 1. The maximum absolute atomic E-state index is 12.4. The lowest BCUT2D eigenvalue weighted by Gasteiger charge is -2.04. The van der Waals surface area contributed by atoms with Gasteiger partial charge in [-0.2, -0.15) is 0 Å². The van der Waals surface area contributed by atoms with E-state index in [4.69, 9.17) is 16.0 Å². The third kappa shape index (κ3) is 3.19. The molecule has 0 aliphatic carbocycles. The van der Waals surface area contributed by atoms with Crippen molar-refractivity contribution in [3.05, 3.63) is 70.9 Å². The first-order valence-electron chi connectivity index (χ1n) is 7.87. The van der Waals surface area contributed by atoms with Gasteiger partial charge < -0.3 is 9.73 Å². The van der Waals surface area contributed by atoms with Crippen molar-refractivity contribution in [1.82, 2.24) is 15.3 Å². The average molecular weight is 352 g/mol. The second kappa shape index (κ2) is 6.53. The molecule has 6 heteroatoms. The second-order valence-corrected chi connectivity index (χ2v) is 6.08. The van der Waals surface area contributed by atoms with E-state index in [-0.39, 0.29) is 5.91 Å². The number of nitrogens with zero attached hydrogens (tertiary/aromatic N) is 2. The van der Waals surface area contributed by atoms with Gasteiger partial charge in [-0.1, -0.05) is 35.9 Å². The molecule has 4 rings (SSSR count). The lowest BCUT2D eigenvalue weighted by molar-refractivity contribution is 0.0955. The van der Waals surface area contributed by atoms with Crippen molar-refractivity contribution < 1.29 is 9.21 Å². The number of benzene rings is 2. The van der Waals surface area contributed by atoms with Gasteiger partial charge in [0.15, 0.2) is 0 Å². The first-order valence-corrected chi connectivity index (χ1v) is 8.25. The molecule has 5 nitrogen and oxygen atoms in total. The van der Waals surface area contributed by atoms with Gasteiger partial charge in [0, 0.05) is 11.6 Å². The molecule has 4 aromatic rings. The second-order valence-electron chi connectivity index (χ2n) is 5.65. The highest BCUT2D eigenvalue weighted by Gasteiger charge is 2.16. The molecule has 1 N–H and O–H groups in total. The quantitative estimate of drug-likeness (QED) is 0.603. The fourth-order valence-corrected chi connectivity index (χ4v) is 2.77. The highest BCUT2D eigenvalue weighted by Crippen LogP contribution is 2.21. The summed E-state index contributed by atoms with van der Waals surface area (Å²) < 4.78 is 5.41. The molecule has 124 valence electrons. The summed E-state index contributed by atoms with van der Waals surface area (Å²) in [5.74, 6) is -0.225. The summed E-state index contributed by atoms with van der Waals surface area (Å²) in [6, 6.07) is 15.0. The van der Waals surface area contributed by atoms with Crippen LogP contribution in [0.1, 0.15) is 15.9 Å². The molecule has 0 saturated carbocycles. The van der Waals surface area contributed by atoms with Gasteiger partial charge in [-0.3, -0.25) is 4.79 Å². The topological polar surface area (TPSA) is 68.0 Å². The van der Waals surface area contributed by atoms with Gasteiger partial charge in [0.2, 0.25) is 5.71 Å². The van der Waals surface area contributed by atoms with Gasteiger partial charge in [-0.05, 0) is 36.2 Å². The van der Waals surface area contributed by atoms with Gasteiger partial charge >= 0.3 is 0 Å². The lowest BCUT2D eigenvalue weighted by Crippen LogP contribution is -2.25. The summed E-state index contributed by atoms with van der Waals surface area (Å²) in [4.78, 5) is 21.3. The molecule has 0 aliphatic heterocycles. The molecule has 0 atom stereocenters. The summed E-state index contributed by atoms with van der Waals surface area (Å²) in [5.41, 5.74) is 3.80. The number of rotatable bonds is 4. The van der Waals surface area contributed by atoms with Crippen molar-refractivity contribution in [2.24, 2.45) is 0 Å². The molecular weight excluding hydrogens is 338 g/mol. The number of nitrogens with one attached hydrogen (secondary N) is 1. The summed E-state index contributed by atoms with van der Waals surface area (Å²) in [7, 11) is 0. The molecule has 0 aliphatic rings. The van der Waals surface area contributed by atoms with Crippen LogP contribution < -0.4 is 5.32 Å². The summed E-state index contributed by atoms with van der Waals surface area (Å²) in [6.45, 7) is 0.508. The van der Waals surface area contributed by atoms with E-state index < -0.39 is 0 Å². The zero-order valence-electron chi connectivity index (χ0n) is 13.2. The van der Waals surface area contributed by atoms with E-state index >= 15 is 0 Å². The minimum absolute atomic E-state index is 0.225. The zero-order valence-corrected chi connectivity index (χ0v) is 14.0. The number of amides is 1. The lowest BCUT2D eigenvalue weighted by atomic mass is 10.1. The normalized spacial score (nSPS) is 11.1. The summed E-state index contributed by atoms with van der Waals surface area (Å²) in [6.07, 6.45) is 2.12. The first-order chi connectivity index (χ1) is 12.2. The molecule has 1 amide bonds. The van der Waals surface area contributed by atoms with E-state index in [1.165, 1.54) is 6.26 Å². The van der Waals surface area contributed by atoms with Gasteiger partial charge in [0.05, 0.1) is 11.0 Å². The number of para-hydroxylation sites is 2. The smallest absolute Gasteiger partial charge is 0.256 e. The number of fused-ring (bicyclic) bond motifs is 2. The largest absolute Gasteiger partial charge is 0.444 e. The van der Waals surface area contributed by atoms with E-state index in [0.717, 1.165) is 16.6 Å². The molecule has 0 bridgehead atoms. The van der Waals surface area contributed by atoms with E-state index in [1.807, 2.05) is 48.5 Å². The van der Waals surface area contributed by atoms with Crippen LogP contribution in [0.2, 0.25) is 5.02 Å². The molecule has 0 spiro atoms. The standard InChI is InChI=1S/C19H14ClN3O2/c20-13-7-5-12(6-8-13)9-10-21-18(24)14-11-25-19-17(14)22-15-3-1-2-4-16(15)23-19/h1-8,11H,9-10H2,(H,21,24). The Bertz CT molecular complexity index is 1060. The summed E-state index contributed by atoms with van der Waals surface area (Å²) >= 11 is 5.87. The number of aromatic nitrogens is 2. The van der Waals surface area contributed by atoms with E-state index in [2.05, 4.69) is 15.3 Å². The van der Waals surface area contributed by atoms with Crippen LogP contribution in [0.25, 0.3) is 22.3 Å². The molecule has 2 heterocycles. The fraction of sp³-hybridized carbons (Fsp3) is 0.105. The average Bonchev–Trinajstić information content (AvgIpc) is 3.04. The number of hydrogen-bond acceptors (Lipinski definition) is 4. The minimum Gasteiger partial charge on any atom is -0.444 e. The van der Waals surface area contributed by atoms with Crippen LogP contribution in [0.3, 0.4) is 0 Å². The number of halogens is 1. The van der Waals surface area contributed by atoms with Crippen LogP contribution in [0.15, 0.2) is 59.2 Å². The van der Waals surface area contributed by atoms with Gasteiger partial charge in [0.25, 0.3) is 5.91 Å². The molecule has 2 aromatic heterocycles. The fourth-order valence-electron chi connectivity index (χ4n) is 2.64. The van der Waals surface area contributed by atoms with Crippen LogP contribution in [0.5, 0.6) is 0 Å². The van der Waals surface area contributed by atoms with Gasteiger partial charge in [-0.25, -0.2) is 9.97 Å². The Morgan fingerprint density at radius 2 is 1.76 bits per heavy atom. The Kier molecular flexibility index (Phi) is 4.07. The van der Waals surface area contributed by atoms with Crippen molar-refractivity contribution in [2.45, 2.75) is 6.42 Å². The van der Waals surface area contributed by atoms with E-state index in [0.29, 0.717) is 34.8 Å². The van der Waals surface area contributed by atoms with Crippen molar-refractivity contribution in [2.75, 3.05) is 6.54 Å². The van der Waals surface area contributed by atoms with Crippen LogP contribution in [-0.2, 0) is 6.42 Å². The molecular formula is C19H14ClN3O2. The first kappa shape index (κ1) is 15.6. The Morgan fingerprint density at radius 3 is 2.52 bits per heavy atom. The van der Waals surface area contributed by atoms with E-state index in [9.17, 15) is 4.79 Å². The Labute approximate surface area is 148 Å². The van der Waals surface area contributed by atoms with Crippen LogP contribution >= 0.6 is 11.6 Å². The highest BCUT2D eigenvalue weighted by atomic mass is 35.5. The Hall–Kier alpha value is -2.92. The zero-order chi connectivity index (χ0) is 17.2. The van der Waals surface area contributed by atoms with Crippen LogP contribution in [0, 0.1) is 0 Å². The summed E-state index contributed by atoms with van der Waals surface area (Å²) in [5, 5.41) is 3.59. The van der Waals surface area contributed by atoms with Gasteiger partial charge in [0.1, 0.15) is 17.3 Å². The number of carbonyl (C=O) groups excluding carboxylic acids is 1. The van der Waals surface area contributed by atoms with Crippen molar-refractivity contribution in [1.29, 1.82) is 0 Å². The predicted octanol–water partition coefficient (Wildman–Crippen LogP) is 4.00. The third-order valence-corrected chi connectivity index (χ3v) is 4.19. The minimum atomic E-state index is -0.225. The molecule has 2 aromatic carbocycles. The number of furan rings is 1. The Morgan fingerprint density at radius 1 is 1.04 bits per heavy atom. The Balaban J connectivity index is 1.51. The van der Waals surface area contributed by atoms with Gasteiger partial charge in [-0.15, -0.1) is 0 Å². The predicted molar refractivity (Wildman–Crippen MR) is 96.8 cm³/mol. The van der Waals surface area contributed by atoms with Crippen molar-refractivity contribution >= 4 is 39.8 Å². The number of hydrogen-bond donors (Lipinski definition) is 1. The molecule has 0 unspecified atom stereocenters. The third-order valence-electron chi connectivity index (χ3n) is 3.94. The molecule has 0 radical (unpaired) electrons. The SMILES string of the molecule is O=C(NCCc1ccc(Cl)cc1)c1coc2nc3ccccc3nc12. The monoisotopic (exact) mass is 351 g/mol. The maximum atomic E-state index is 12.4. The molecule has 0 fully saturated rings. The van der Waals surface area contributed by atoms with Crippen LogP contribution in [-0.4, -0.2) is 22.4 Å². The maximum Gasteiger partial charge on any atom is 0.256 e. The van der Waals surface area contributed by atoms with Crippen molar-refractivity contribution in [3.63, 3.8) is 0 Å². The molecule has 25 heavy (non-hydrogen) atoms. The van der Waals surface area contributed by atoms with Crippen LogP contribution in [0.4, 0.5) is 0 Å². The van der Waals surface area contributed by atoms with Crippen molar-refractivity contribution in [3.8, 4) is 0 Å². The van der Waals surface area contributed by atoms with E-state index in [1.54, 1.807) is 0 Å². The molecule has 0 saturated heterocycles. The highest BCUT2D eigenvalue weighted by molar-refractivity contribution is 6.30.